The molecule has 0 fully saturated rings. The van der Waals surface area contributed by atoms with E-state index in [0.717, 1.165) is 0 Å². The van der Waals surface area contributed by atoms with Gasteiger partial charge in [0.25, 0.3) is 5.69 Å². The quantitative estimate of drug-likeness (QED) is 0.640. The Labute approximate surface area is 90.8 Å². The van der Waals surface area contributed by atoms with Gasteiger partial charge in [-0.15, -0.1) is 0 Å². The Balaban J connectivity index is 2.77. The van der Waals surface area contributed by atoms with Gasteiger partial charge in [0.2, 0.25) is 0 Å². The molecule has 0 radical (unpaired) electrons. The Morgan fingerprint density at radius 1 is 1.57 bits per heavy atom. The third-order valence-electron chi connectivity index (χ3n) is 1.66. The first-order valence-corrected chi connectivity index (χ1v) is 5.19. The van der Waals surface area contributed by atoms with Crippen LogP contribution in [0.3, 0.4) is 0 Å². The fraction of sp³-hybridized carbons (Fsp3) is 0. The number of aromatic nitrogens is 1. The molecule has 7 heteroatoms. The second-order valence-electron chi connectivity index (χ2n) is 2.58. The van der Waals surface area contributed by atoms with Crippen molar-refractivity contribution in [2.24, 2.45) is 0 Å². The molecule has 0 saturated carbocycles. The standard InChI is InChI=1S/C7H4BrN3O2S/c8-4-1-3(11(12)13)2-5-6(4)10-7(9)14-5/h1-2H,(H2,9,10). The number of rotatable bonds is 1. The van der Waals surface area contributed by atoms with Crippen LogP contribution in [-0.2, 0) is 0 Å². The first-order valence-electron chi connectivity index (χ1n) is 3.58. The highest BCUT2D eigenvalue weighted by Gasteiger charge is 2.13. The topological polar surface area (TPSA) is 82.0 Å². The monoisotopic (exact) mass is 273 g/mol. The lowest BCUT2D eigenvalue weighted by Crippen LogP contribution is -1.87. The van der Waals surface area contributed by atoms with Crippen LogP contribution in [0.25, 0.3) is 10.2 Å². The Hall–Kier alpha value is -1.21. The Bertz CT molecular complexity index is 525. The Morgan fingerprint density at radius 2 is 2.29 bits per heavy atom. The van der Waals surface area contributed by atoms with Gasteiger partial charge in [-0.1, -0.05) is 11.3 Å². The van der Waals surface area contributed by atoms with Crippen LogP contribution in [0.15, 0.2) is 16.6 Å². The summed E-state index contributed by atoms with van der Waals surface area (Å²) < 4.78 is 1.30. The van der Waals surface area contributed by atoms with Gasteiger partial charge in [-0.05, 0) is 15.9 Å². The van der Waals surface area contributed by atoms with Crippen molar-refractivity contribution >= 4 is 48.3 Å². The number of nitrogen functional groups attached to an aromatic ring is 1. The van der Waals surface area contributed by atoms with Crippen LogP contribution < -0.4 is 5.73 Å². The molecule has 2 aromatic rings. The molecule has 14 heavy (non-hydrogen) atoms. The summed E-state index contributed by atoms with van der Waals surface area (Å²) in [6.45, 7) is 0. The summed E-state index contributed by atoms with van der Waals surface area (Å²) >= 11 is 4.44. The van der Waals surface area contributed by atoms with Crippen molar-refractivity contribution in [3.8, 4) is 0 Å². The number of nitrogens with zero attached hydrogens (tertiary/aromatic N) is 2. The molecule has 0 aliphatic rings. The van der Waals surface area contributed by atoms with Gasteiger partial charge in [0.1, 0.15) is 0 Å². The second-order valence-corrected chi connectivity index (χ2v) is 4.50. The van der Waals surface area contributed by atoms with Gasteiger partial charge in [0.05, 0.1) is 19.6 Å². The predicted molar refractivity (Wildman–Crippen MR) is 58.4 cm³/mol. The number of hydrogen-bond donors (Lipinski definition) is 1. The number of thiazole rings is 1. The molecule has 0 saturated heterocycles. The molecular formula is C7H4BrN3O2S. The highest BCUT2D eigenvalue weighted by Crippen LogP contribution is 2.33. The zero-order valence-corrected chi connectivity index (χ0v) is 9.13. The summed E-state index contributed by atoms with van der Waals surface area (Å²) in [5, 5.41) is 10.9. The van der Waals surface area contributed by atoms with Crippen molar-refractivity contribution in [3.05, 3.63) is 26.7 Å². The van der Waals surface area contributed by atoms with Gasteiger partial charge in [-0.25, -0.2) is 4.98 Å². The van der Waals surface area contributed by atoms with E-state index in [9.17, 15) is 10.1 Å². The molecule has 72 valence electrons. The number of fused-ring (bicyclic) bond motifs is 1. The number of anilines is 1. The van der Waals surface area contributed by atoms with Gasteiger partial charge >= 0.3 is 0 Å². The van der Waals surface area contributed by atoms with E-state index in [0.29, 0.717) is 19.8 Å². The molecule has 0 spiro atoms. The van der Waals surface area contributed by atoms with E-state index in [1.54, 1.807) is 0 Å². The average Bonchev–Trinajstić information content (AvgIpc) is 2.45. The number of benzene rings is 1. The van der Waals surface area contributed by atoms with Crippen LogP contribution in [0, 0.1) is 10.1 Å². The largest absolute Gasteiger partial charge is 0.375 e. The van der Waals surface area contributed by atoms with Crippen LogP contribution in [0.2, 0.25) is 0 Å². The number of nitro groups is 1. The highest BCUT2D eigenvalue weighted by molar-refractivity contribution is 9.10. The van der Waals surface area contributed by atoms with E-state index >= 15 is 0 Å². The second kappa shape index (κ2) is 3.18. The fourth-order valence-electron chi connectivity index (χ4n) is 1.10. The molecule has 0 atom stereocenters. The third kappa shape index (κ3) is 1.44. The van der Waals surface area contributed by atoms with Crippen molar-refractivity contribution < 1.29 is 4.92 Å². The normalized spacial score (nSPS) is 10.6. The molecule has 5 nitrogen and oxygen atoms in total. The van der Waals surface area contributed by atoms with E-state index in [2.05, 4.69) is 20.9 Å². The smallest absolute Gasteiger partial charge is 0.272 e. The molecule has 2 N–H and O–H groups in total. The van der Waals surface area contributed by atoms with Crippen molar-refractivity contribution in [2.45, 2.75) is 0 Å². The minimum Gasteiger partial charge on any atom is -0.375 e. The average molecular weight is 274 g/mol. The summed E-state index contributed by atoms with van der Waals surface area (Å²) in [5.74, 6) is 0. The van der Waals surface area contributed by atoms with Crippen molar-refractivity contribution in [1.29, 1.82) is 0 Å². The van der Waals surface area contributed by atoms with E-state index in [1.807, 2.05) is 0 Å². The summed E-state index contributed by atoms with van der Waals surface area (Å²) in [5.41, 5.74) is 6.20. The van der Waals surface area contributed by atoms with Gasteiger partial charge in [0.15, 0.2) is 5.13 Å². The predicted octanol–water partition coefficient (Wildman–Crippen LogP) is 2.55. The lowest BCUT2D eigenvalue weighted by atomic mass is 10.3. The number of hydrogen-bond acceptors (Lipinski definition) is 5. The lowest BCUT2D eigenvalue weighted by molar-refractivity contribution is -0.384. The minimum absolute atomic E-state index is 0.0352. The van der Waals surface area contributed by atoms with Crippen LogP contribution in [0.4, 0.5) is 10.8 Å². The van der Waals surface area contributed by atoms with Gasteiger partial charge < -0.3 is 5.73 Å². The minimum atomic E-state index is -0.444. The summed E-state index contributed by atoms with van der Waals surface area (Å²) in [4.78, 5) is 14.1. The van der Waals surface area contributed by atoms with E-state index in [4.69, 9.17) is 5.73 Å². The van der Waals surface area contributed by atoms with Crippen LogP contribution in [-0.4, -0.2) is 9.91 Å². The number of nitrogens with two attached hydrogens (primary N) is 1. The van der Waals surface area contributed by atoms with Crippen LogP contribution in [0.5, 0.6) is 0 Å². The molecular weight excluding hydrogens is 270 g/mol. The zero-order chi connectivity index (χ0) is 10.3. The van der Waals surface area contributed by atoms with Crippen LogP contribution in [0.1, 0.15) is 0 Å². The molecule has 1 aromatic heterocycles. The maximum absolute atomic E-state index is 10.5. The molecule has 2 rings (SSSR count). The lowest BCUT2D eigenvalue weighted by Gasteiger charge is -1.93. The molecule has 0 aliphatic heterocycles. The Morgan fingerprint density at radius 3 is 2.93 bits per heavy atom. The van der Waals surface area contributed by atoms with E-state index in [-0.39, 0.29) is 5.69 Å². The summed E-state index contributed by atoms with van der Waals surface area (Å²) in [6, 6.07) is 2.88. The van der Waals surface area contributed by atoms with E-state index < -0.39 is 4.92 Å². The zero-order valence-electron chi connectivity index (χ0n) is 6.73. The number of nitro benzene ring substituents is 1. The molecule has 1 heterocycles. The maximum Gasteiger partial charge on any atom is 0.272 e. The molecule has 0 unspecified atom stereocenters. The summed E-state index contributed by atoms with van der Waals surface area (Å²) in [6.07, 6.45) is 0. The van der Waals surface area contributed by atoms with Crippen LogP contribution >= 0.6 is 27.3 Å². The van der Waals surface area contributed by atoms with E-state index in [1.165, 1.54) is 23.5 Å². The molecule has 0 bridgehead atoms. The van der Waals surface area contributed by atoms with Crippen molar-refractivity contribution in [2.75, 3.05) is 5.73 Å². The first kappa shape index (κ1) is 9.35. The Kier molecular flexibility index (Phi) is 2.12. The molecule has 1 aromatic carbocycles. The number of non-ortho nitro benzene ring substituents is 1. The van der Waals surface area contributed by atoms with Gasteiger partial charge in [-0.3, -0.25) is 10.1 Å². The molecule has 0 aliphatic carbocycles. The molecule has 0 amide bonds. The highest BCUT2D eigenvalue weighted by atomic mass is 79.9. The maximum atomic E-state index is 10.5. The number of halogens is 1. The van der Waals surface area contributed by atoms with Crippen molar-refractivity contribution in [3.63, 3.8) is 0 Å². The van der Waals surface area contributed by atoms with Gasteiger partial charge in [0, 0.05) is 12.1 Å². The first-order chi connectivity index (χ1) is 6.58. The third-order valence-corrected chi connectivity index (χ3v) is 3.10. The summed E-state index contributed by atoms with van der Waals surface area (Å²) in [7, 11) is 0. The fourth-order valence-corrected chi connectivity index (χ4v) is 2.56. The SMILES string of the molecule is Nc1nc2c(Br)cc([N+](=O)[O-])cc2s1. The van der Waals surface area contributed by atoms with Crippen molar-refractivity contribution in [1.82, 2.24) is 4.98 Å². The van der Waals surface area contributed by atoms with Gasteiger partial charge in [-0.2, -0.15) is 0 Å².